The van der Waals surface area contributed by atoms with Crippen molar-refractivity contribution in [3.8, 4) is 33.8 Å². The molecule has 0 spiro atoms. The molecular formula is C30H32N4O5. The van der Waals surface area contributed by atoms with Gasteiger partial charge < -0.3 is 10.0 Å². The van der Waals surface area contributed by atoms with Gasteiger partial charge >= 0.3 is 11.7 Å². The van der Waals surface area contributed by atoms with Gasteiger partial charge in [-0.2, -0.15) is 0 Å². The van der Waals surface area contributed by atoms with Gasteiger partial charge in [-0.3, -0.25) is 19.3 Å². The quantitative estimate of drug-likeness (QED) is 0.267. The van der Waals surface area contributed by atoms with E-state index in [1.165, 1.54) is 4.90 Å². The third-order valence-corrected chi connectivity index (χ3v) is 6.56. The number of H-pyrrole nitrogens is 1. The van der Waals surface area contributed by atoms with Gasteiger partial charge in [0.15, 0.2) is 5.82 Å². The molecule has 4 aromatic rings. The van der Waals surface area contributed by atoms with Crippen molar-refractivity contribution in [1.82, 2.24) is 20.0 Å². The van der Waals surface area contributed by atoms with Gasteiger partial charge in [-0.05, 0) is 47.2 Å². The number of pyridine rings is 1. The third kappa shape index (κ3) is 6.49. The zero-order valence-corrected chi connectivity index (χ0v) is 22.3. The fourth-order valence-corrected chi connectivity index (χ4v) is 4.58. The second kappa shape index (κ2) is 12.3. The third-order valence-electron chi connectivity index (χ3n) is 6.56. The maximum atomic E-state index is 13.0. The van der Waals surface area contributed by atoms with E-state index in [0.717, 1.165) is 23.1 Å². The second-order valence-electron chi connectivity index (χ2n) is 9.77. The van der Waals surface area contributed by atoms with Gasteiger partial charge in [-0.1, -0.05) is 74.8 Å². The van der Waals surface area contributed by atoms with Crippen LogP contribution >= 0.6 is 0 Å². The molecule has 0 aliphatic carbocycles. The first-order chi connectivity index (χ1) is 18.8. The Morgan fingerprint density at radius 3 is 2.38 bits per heavy atom. The number of benzene rings is 2. The number of unbranched alkanes of at least 4 members (excludes halogenated alkanes) is 1. The van der Waals surface area contributed by atoms with Crippen molar-refractivity contribution in [1.29, 1.82) is 0 Å². The number of nitrogens with one attached hydrogen (secondary N) is 1. The first kappa shape index (κ1) is 27.5. The highest BCUT2D eigenvalue weighted by Gasteiger charge is 2.32. The van der Waals surface area contributed by atoms with Crippen molar-refractivity contribution in [2.75, 3.05) is 0 Å². The maximum absolute atomic E-state index is 13.0. The number of nitrogens with zero attached hydrogens (tertiary/aromatic N) is 3. The molecule has 1 amide bonds. The summed E-state index contributed by atoms with van der Waals surface area (Å²) < 4.78 is 4.73. The van der Waals surface area contributed by atoms with Gasteiger partial charge in [-0.15, -0.1) is 0 Å². The van der Waals surface area contributed by atoms with Crippen molar-refractivity contribution in [2.45, 2.75) is 52.6 Å². The maximum Gasteiger partial charge on any atom is 0.439 e. The lowest BCUT2D eigenvalue weighted by Crippen LogP contribution is -2.47. The Balaban J connectivity index is 1.70. The first-order valence-corrected chi connectivity index (χ1v) is 13.0. The van der Waals surface area contributed by atoms with Crippen LogP contribution in [-0.2, 0) is 16.1 Å². The molecule has 9 heteroatoms. The molecule has 0 saturated heterocycles. The van der Waals surface area contributed by atoms with Crippen LogP contribution in [0.3, 0.4) is 0 Å². The number of carboxylic acid groups (broad SMARTS) is 1. The van der Waals surface area contributed by atoms with Crippen LogP contribution < -0.4 is 5.76 Å². The summed E-state index contributed by atoms with van der Waals surface area (Å²) in [5.74, 6) is -1.83. The summed E-state index contributed by atoms with van der Waals surface area (Å²) in [6.07, 6.45) is 3.49. The van der Waals surface area contributed by atoms with Gasteiger partial charge in [-0.25, -0.2) is 9.59 Å². The molecule has 0 aliphatic heterocycles. The van der Waals surface area contributed by atoms with Crippen LogP contribution in [0.5, 0.6) is 0 Å². The van der Waals surface area contributed by atoms with E-state index in [1.807, 2.05) is 67.6 Å². The molecule has 2 aromatic heterocycles. The summed E-state index contributed by atoms with van der Waals surface area (Å²) >= 11 is 0. The molecule has 1 atom stereocenters. The van der Waals surface area contributed by atoms with E-state index >= 15 is 0 Å². The molecule has 4 rings (SSSR count). The number of aromatic amines is 1. The number of rotatable bonds is 11. The topological polar surface area (TPSA) is 129 Å². The highest BCUT2D eigenvalue weighted by molar-refractivity contribution is 5.84. The van der Waals surface area contributed by atoms with Crippen LogP contribution in [0.25, 0.3) is 33.8 Å². The molecule has 0 bridgehead atoms. The molecule has 0 saturated carbocycles. The minimum absolute atomic E-state index is 0.137. The van der Waals surface area contributed by atoms with E-state index in [1.54, 1.807) is 20.0 Å². The van der Waals surface area contributed by atoms with Crippen molar-refractivity contribution in [3.63, 3.8) is 0 Å². The number of aromatic nitrogens is 3. The molecule has 0 aliphatic rings. The summed E-state index contributed by atoms with van der Waals surface area (Å²) in [5.41, 5.74) is 4.69. The van der Waals surface area contributed by atoms with Gasteiger partial charge in [0.1, 0.15) is 6.04 Å². The van der Waals surface area contributed by atoms with Crippen molar-refractivity contribution < 1.29 is 19.2 Å². The number of amides is 1. The summed E-state index contributed by atoms with van der Waals surface area (Å²) in [5, 5.41) is 13.7. The smallest absolute Gasteiger partial charge is 0.439 e. The minimum Gasteiger partial charge on any atom is -0.480 e. The number of carbonyl (C=O) groups excluding carboxylic acids is 1. The van der Waals surface area contributed by atoms with E-state index in [0.29, 0.717) is 29.7 Å². The lowest BCUT2D eigenvalue weighted by Gasteiger charge is -2.31. The van der Waals surface area contributed by atoms with Crippen molar-refractivity contribution in [3.05, 3.63) is 83.0 Å². The molecule has 9 nitrogen and oxygen atoms in total. The zero-order valence-electron chi connectivity index (χ0n) is 22.3. The van der Waals surface area contributed by atoms with E-state index in [4.69, 9.17) is 4.52 Å². The predicted molar refractivity (Wildman–Crippen MR) is 148 cm³/mol. The highest BCUT2D eigenvalue weighted by Crippen LogP contribution is 2.33. The SMILES string of the molecule is CCCCC(=O)N(Cc1ccc(-c2cc(-c3ccccc3)ccc2-c2noc(=O)[nH]2)nc1)[C@H](C(=O)O)C(C)C. The summed E-state index contributed by atoms with van der Waals surface area (Å²) in [4.78, 5) is 45.4. The molecule has 2 heterocycles. The van der Waals surface area contributed by atoms with Crippen LogP contribution in [-0.4, -0.2) is 43.0 Å². The van der Waals surface area contributed by atoms with Crippen LogP contribution in [0.15, 0.2) is 76.2 Å². The average molecular weight is 529 g/mol. The van der Waals surface area contributed by atoms with E-state index in [9.17, 15) is 19.5 Å². The van der Waals surface area contributed by atoms with Gasteiger partial charge in [0.05, 0.1) is 5.69 Å². The summed E-state index contributed by atoms with van der Waals surface area (Å²) in [6.45, 7) is 5.73. The molecular weight excluding hydrogens is 496 g/mol. The summed E-state index contributed by atoms with van der Waals surface area (Å²) in [6, 6.07) is 18.4. The lowest BCUT2D eigenvalue weighted by molar-refractivity contribution is -0.153. The fraction of sp³-hybridized carbons (Fsp3) is 0.300. The fourth-order valence-electron chi connectivity index (χ4n) is 4.58. The van der Waals surface area contributed by atoms with Gasteiger partial charge in [0, 0.05) is 30.3 Å². The molecule has 0 radical (unpaired) electrons. The van der Waals surface area contributed by atoms with Crippen LogP contribution in [0.4, 0.5) is 0 Å². The van der Waals surface area contributed by atoms with Crippen LogP contribution in [0, 0.1) is 5.92 Å². The van der Waals surface area contributed by atoms with Crippen LogP contribution in [0.1, 0.15) is 45.6 Å². The first-order valence-electron chi connectivity index (χ1n) is 13.0. The lowest BCUT2D eigenvalue weighted by atomic mass is 9.96. The number of carbonyl (C=O) groups is 2. The zero-order chi connectivity index (χ0) is 27.9. The summed E-state index contributed by atoms with van der Waals surface area (Å²) in [7, 11) is 0. The monoisotopic (exact) mass is 528 g/mol. The molecule has 0 fully saturated rings. The molecule has 202 valence electrons. The predicted octanol–water partition coefficient (Wildman–Crippen LogP) is 5.39. The second-order valence-corrected chi connectivity index (χ2v) is 9.77. The Hall–Kier alpha value is -4.53. The van der Waals surface area contributed by atoms with Gasteiger partial charge in [0.2, 0.25) is 5.91 Å². The number of aliphatic carboxylic acids is 1. The molecule has 2 N–H and O–H groups in total. The van der Waals surface area contributed by atoms with Gasteiger partial charge in [0.25, 0.3) is 0 Å². The number of carboxylic acids is 1. The Labute approximate surface area is 226 Å². The van der Waals surface area contributed by atoms with E-state index < -0.39 is 17.8 Å². The normalized spacial score (nSPS) is 11.9. The average Bonchev–Trinajstić information content (AvgIpc) is 3.37. The Morgan fingerprint density at radius 1 is 1.03 bits per heavy atom. The van der Waals surface area contributed by atoms with Crippen molar-refractivity contribution >= 4 is 11.9 Å². The molecule has 39 heavy (non-hydrogen) atoms. The van der Waals surface area contributed by atoms with Crippen molar-refractivity contribution in [2.24, 2.45) is 5.92 Å². The Kier molecular flexibility index (Phi) is 8.70. The minimum atomic E-state index is -1.02. The van der Waals surface area contributed by atoms with E-state index in [2.05, 4.69) is 15.1 Å². The molecule has 0 unspecified atom stereocenters. The van der Waals surface area contributed by atoms with E-state index in [-0.39, 0.29) is 24.2 Å². The largest absolute Gasteiger partial charge is 0.480 e. The highest BCUT2D eigenvalue weighted by atomic mass is 16.5. The Bertz CT molecular complexity index is 1480. The number of hydrogen-bond donors (Lipinski definition) is 2. The van der Waals surface area contributed by atoms with Crippen LogP contribution in [0.2, 0.25) is 0 Å². The Morgan fingerprint density at radius 2 is 1.79 bits per heavy atom. The number of hydrogen-bond acceptors (Lipinski definition) is 6. The standard InChI is InChI=1S/C30H32N4O5/c1-4-5-11-26(35)34(27(19(2)3)29(36)37)18-20-12-15-25(31-17-20)24-16-22(21-9-7-6-8-10-21)13-14-23(24)28-32-30(38)39-33-28/h6-10,12-17,19,27H,4-5,11,18H2,1-3H3,(H,36,37)(H,32,33,38)/t27-/m0/s1. The molecule has 2 aromatic carbocycles.